The van der Waals surface area contributed by atoms with E-state index in [0.29, 0.717) is 13.2 Å². The fraction of sp³-hybridized carbons (Fsp3) is 0.346. The summed E-state index contributed by atoms with van der Waals surface area (Å²) in [5.41, 5.74) is 5.71. The number of aryl methyl sites for hydroxylation is 1. The van der Waals surface area contributed by atoms with Gasteiger partial charge in [0.2, 0.25) is 0 Å². The van der Waals surface area contributed by atoms with Crippen molar-refractivity contribution in [1.29, 1.82) is 0 Å². The molecule has 4 heterocycles. The van der Waals surface area contributed by atoms with Gasteiger partial charge in [0.15, 0.2) is 5.82 Å². The highest BCUT2D eigenvalue weighted by Gasteiger charge is 2.22. The van der Waals surface area contributed by atoms with Crippen molar-refractivity contribution < 1.29 is 4.74 Å². The van der Waals surface area contributed by atoms with E-state index in [1.807, 2.05) is 17.9 Å². The number of hydrogen-bond donors (Lipinski definition) is 0. The molecular weight excluding hydrogens is 444 g/mol. The summed E-state index contributed by atoms with van der Waals surface area (Å²) in [5, 5.41) is 6.45. The third-order valence-electron chi connectivity index (χ3n) is 6.40. The van der Waals surface area contributed by atoms with Gasteiger partial charge in [-0.2, -0.15) is 5.10 Å². The van der Waals surface area contributed by atoms with Crippen molar-refractivity contribution in [3.05, 3.63) is 82.1 Å². The molecule has 5 rings (SSSR count). The lowest BCUT2D eigenvalue weighted by atomic mass is 10.1. The van der Waals surface area contributed by atoms with E-state index >= 15 is 0 Å². The Labute approximate surface area is 204 Å². The van der Waals surface area contributed by atoms with E-state index < -0.39 is 0 Å². The fourth-order valence-electron chi connectivity index (χ4n) is 4.25. The molecule has 4 aromatic rings. The minimum absolute atomic E-state index is 0.601. The maximum Gasteiger partial charge on any atom is 0.155 e. The van der Waals surface area contributed by atoms with Crippen molar-refractivity contribution in [1.82, 2.24) is 24.6 Å². The molecule has 1 saturated heterocycles. The van der Waals surface area contributed by atoms with Crippen molar-refractivity contribution in [3.63, 3.8) is 0 Å². The number of rotatable bonds is 8. The van der Waals surface area contributed by atoms with Gasteiger partial charge in [-0.3, -0.25) is 14.6 Å². The topological polar surface area (TPSA) is 59.3 Å². The van der Waals surface area contributed by atoms with E-state index in [1.54, 1.807) is 23.7 Å². The third-order valence-corrected chi connectivity index (χ3v) is 7.25. The summed E-state index contributed by atoms with van der Waals surface area (Å²) >= 11 is 1.72. The molecule has 0 unspecified atom stereocenters. The second-order valence-electron chi connectivity index (χ2n) is 8.64. The summed E-state index contributed by atoms with van der Waals surface area (Å²) in [6, 6.07) is 12.6. The summed E-state index contributed by atoms with van der Waals surface area (Å²) in [4.78, 5) is 15.5. The van der Waals surface area contributed by atoms with Crippen LogP contribution in [0.1, 0.15) is 21.7 Å². The van der Waals surface area contributed by atoms with Crippen LogP contribution in [-0.4, -0.2) is 50.8 Å². The predicted molar refractivity (Wildman–Crippen MR) is 136 cm³/mol. The Morgan fingerprint density at radius 1 is 0.971 bits per heavy atom. The van der Waals surface area contributed by atoms with E-state index in [1.165, 1.54) is 16.1 Å². The molecule has 34 heavy (non-hydrogen) atoms. The lowest BCUT2D eigenvalue weighted by molar-refractivity contribution is 0.109. The fourth-order valence-corrected chi connectivity index (χ4v) is 4.89. The van der Waals surface area contributed by atoms with Gasteiger partial charge in [0.1, 0.15) is 5.69 Å². The first-order valence-electron chi connectivity index (χ1n) is 11.6. The Balaban J connectivity index is 1.21. The average molecular weight is 475 g/mol. The molecule has 1 fully saturated rings. The molecule has 7 nitrogen and oxygen atoms in total. The van der Waals surface area contributed by atoms with Crippen LogP contribution < -0.4 is 4.90 Å². The second-order valence-corrected chi connectivity index (χ2v) is 9.67. The Kier molecular flexibility index (Phi) is 6.99. The molecule has 0 saturated carbocycles. The van der Waals surface area contributed by atoms with Crippen LogP contribution in [0, 0.1) is 6.92 Å². The highest BCUT2D eigenvalue weighted by molar-refractivity contribution is 7.09. The normalized spacial score (nSPS) is 14.6. The van der Waals surface area contributed by atoms with E-state index in [2.05, 4.69) is 63.6 Å². The zero-order valence-corrected chi connectivity index (χ0v) is 20.5. The molecule has 1 aliphatic rings. The molecule has 1 aliphatic heterocycles. The lowest BCUT2D eigenvalue weighted by Crippen LogP contribution is -2.46. The zero-order valence-electron chi connectivity index (χ0n) is 19.7. The third kappa shape index (κ3) is 5.19. The SMILES string of the molecule is Cc1c(CN2CCN(c3nccnc3-c3ccc(COCc4cccs4)cc3)CC2)cnn1C. The van der Waals surface area contributed by atoms with Crippen LogP contribution in [0.5, 0.6) is 0 Å². The van der Waals surface area contributed by atoms with Gasteiger partial charge in [0.05, 0.1) is 19.4 Å². The molecular formula is C26H30N6OS. The van der Waals surface area contributed by atoms with Crippen LogP contribution in [0.3, 0.4) is 0 Å². The van der Waals surface area contributed by atoms with Gasteiger partial charge < -0.3 is 9.64 Å². The first-order valence-corrected chi connectivity index (χ1v) is 12.5. The Bertz CT molecular complexity index is 1200. The van der Waals surface area contributed by atoms with E-state index in [-0.39, 0.29) is 0 Å². The summed E-state index contributed by atoms with van der Waals surface area (Å²) in [6.45, 7) is 8.17. The minimum Gasteiger partial charge on any atom is -0.371 e. The number of anilines is 1. The molecule has 0 amide bonds. The standard InChI is InChI=1S/C26H30N6OS/c1-20-23(16-29-30(20)2)17-31-11-13-32(14-12-31)26-25(27-9-10-28-26)22-7-5-21(6-8-22)18-33-19-24-4-3-15-34-24/h3-10,15-16H,11-14,17-19H2,1-2H3. The van der Waals surface area contributed by atoms with Gasteiger partial charge in [0, 0.05) is 73.9 Å². The van der Waals surface area contributed by atoms with Crippen molar-refractivity contribution >= 4 is 17.2 Å². The van der Waals surface area contributed by atoms with Crippen LogP contribution >= 0.6 is 11.3 Å². The molecule has 3 aromatic heterocycles. The predicted octanol–water partition coefficient (Wildman–Crippen LogP) is 4.29. The van der Waals surface area contributed by atoms with E-state index in [4.69, 9.17) is 14.7 Å². The Hall–Kier alpha value is -3.07. The molecule has 0 atom stereocenters. The number of benzene rings is 1. The van der Waals surface area contributed by atoms with Crippen molar-refractivity contribution in [2.75, 3.05) is 31.1 Å². The maximum atomic E-state index is 5.85. The van der Waals surface area contributed by atoms with Gasteiger partial charge in [-0.25, -0.2) is 4.98 Å². The summed E-state index contributed by atoms with van der Waals surface area (Å²) in [5.74, 6) is 0.960. The number of piperazine rings is 1. The summed E-state index contributed by atoms with van der Waals surface area (Å²) in [6.07, 6.45) is 5.55. The quantitative estimate of drug-likeness (QED) is 0.380. The Morgan fingerprint density at radius 3 is 2.47 bits per heavy atom. The first-order chi connectivity index (χ1) is 16.7. The molecule has 0 spiro atoms. The smallest absolute Gasteiger partial charge is 0.155 e. The molecule has 0 bridgehead atoms. The molecule has 8 heteroatoms. The maximum absolute atomic E-state index is 5.85. The van der Waals surface area contributed by atoms with Crippen LogP contribution in [-0.2, 0) is 31.5 Å². The molecule has 1 aromatic carbocycles. The highest BCUT2D eigenvalue weighted by Crippen LogP contribution is 2.28. The van der Waals surface area contributed by atoms with E-state index in [9.17, 15) is 0 Å². The van der Waals surface area contributed by atoms with Crippen LogP contribution in [0.2, 0.25) is 0 Å². The number of aromatic nitrogens is 4. The number of hydrogen-bond acceptors (Lipinski definition) is 7. The van der Waals surface area contributed by atoms with Crippen molar-refractivity contribution in [2.45, 2.75) is 26.7 Å². The van der Waals surface area contributed by atoms with Gasteiger partial charge >= 0.3 is 0 Å². The van der Waals surface area contributed by atoms with Crippen molar-refractivity contribution in [3.8, 4) is 11.3 Å². The minimum atomic E-state index is 0.601. The lowest BCUT2D eigenvalue weighted by Gasteiger charge is -2.35. The number of ether oxygens (including phenoxy) is 1. The van der Waals surface area contributed by atoms with Gasteiger partial charge in [-0.1, -0.05) is 30.3 Å². The monoisotopic (exact) mass is 474 g/mol. The molecule has 0 radical (unpaired) electrons. The zero-order chi connectivity index (χ0) is 23.3. The summed E-state index contributed by atoms with van der Waals surface area (Å²) < 4.78 is 7.80. The second kappa shape index (κ2) is 10.5. The average Bonchev–Trinajstić information content (AvgIpc) is 3.51. The molecule has 176 valence electrons. The van der Waals surface area contributed by atoms with Crippen LogP contribution in [0.25, 0.3) is 11.3 Å². The number of nitrogens with zero attached hydrogens (tertiary/aromatic N) is 6. The van der Waals surface area contributed by atoms with Gasteiger partial charge in [-0.05, 0) is 23.9 Å². The highest BCUT2D eigenvalue weighted by atomic mass is 32.1. The van der Waals surface area contributed by atoms with E-state index in [0.717, 1.165) is 55.4 Å². The van der Waals surface area contributed by atoms with Gasteiger partial charge in [-0.15, -0.1) is 11.3 Å². The van der Waals surface area contributed by atoms with Crippen LogP contribution in [0.4, 0.5) is 5.82 Å². The number of thiophene rings is 1. The van der Waals surface area contributed by atoms with Crippen LogP contribution in [0.15, 0.2) is 60.4 Å². The first kappa shape index (κ1) is 22.7. The summed E-state index contributed by atoms with van der Waals surface area (Å²) in [7, 11) is 2.00. The largest absolute Gasteiger partial charge is 0.371 e. The van der Waals surface area contributed by atoms with Gasteiger partial charge in [0.25, 0.3) is 0 Å². The van der Waals surface area contributed by atoms with Crippen molar-refractivity contribution in [2.24, 2.45) is 7.05 Å². The Morgan fingerprint density at radius 2 is 1.76 bits per heavy atom. The molecule has 0 aliphatic carbocycles. The molecule has 0 N–H and O–H groups in total.